The standard InChI is InChI=1S/C32H27N3O7/c1-40-29-16-27-28(17-30(29)41-20-21-7-3-2-4-8-21)34(32(37)42-26-13-11-24(12-14-26)35(38)39)19-25-15-22-9-5-6-10-23(22)18-33(25)31(27)36/h2-14,16-17,25H,15,18-20H2,1H3/t25-/m0/s1. The average molecular weight is 566 g/mol. The molecule has 0 radical (unpaired) electrons. The highest BCUT2D eigenvalue weighted by Gasteiger charge is 2.40. The van der Waals surface area contributed by atoms with Crippen molar-refractivity contribution in [3.8, 4) is 17.2 Å². The summed E-state index contributed by atoms with van der Waals surface area (Å²) >= 11 is 0. The number of fused-ring (bicyclic) bond motifs is 3. The van der Waals surface area contributed by atoms with E-state index in [1.165, 1.54) is 36.3 Å². The molecule has 1 atom stereocenters. The highest BCUT2D eigenvalue weighted by atomic mass is 16.6. The van der Waals surface area contributed by atoms with Crippen LogP contribution >= 0.6 is 0 Å². The molecule has 4 aromatic carbocycles. The van der Waals surface area contributed by atoms with Gasteiger partial charge in [0, 0.05) is 24.7 Å². The van der Waals surface area contributed by atoms with Gasteiger partial charge in [-0.15, -0.1) is 0 Å². The van der Waals surface area contributed by atoms with Crippen LogP contribution in [0.2, 0.25) is 0 Å². The van der Waals surface area contributed by atoms with Crippen LogP contribution in [0, 0.1) is 10.1 Å². The Hall–Kier alpha value is -5.38. The minimum Gasteiger partial charge on any atom is -0.493 e. The van der Waals surface area contributed by atoms with Crippen LogP contribution in [0.25, 0.3) is 0 Å². The number of nitro benzene ring substituents is 1. The summed E-state index contributed by atoms with van der Waals surface area (Å²) in [7, 11) is 1.50. The van der Waals surface area contributed by atoms with E-state index in [4.69, 9.17) is 14.2 Å². The fraction of sp³-hybridized carbons (Fsp3) is 0.188. The number of benzene rings is 4. The molecular formula is C32H27N3O7. The second-order valence-corrected chi connectivity index (χ2v) is 10.1. The van der Waals surface area contributed by atoms with E-state index in [1.54, 1.807) is 17.0 Å². The Labute approximate surface area is 241 Å². The molecule has 0 saturated carbocycles. The number of hydrogen-bond donors (Lipinski definition) is 0. The van der Waals surface area contributed by atoms with Gasteiger partial charge in [0.25, 0.3) is 11.6 Å². The van der Waals surface area contributed by atoms with Crippen molar-refractivity contribution in [2.45, 2.75) is 25.6 Å². The number of non-ortho nitro benzene ring substituents is 1. The lowest BCUT2D eigenvalue weighted by Gasteiger charge is -2.36. The van der Waals surface area contributed by atoms with Crippen molar-refractivity contribution in [2.75, 3.05) is 18.6 Å². The zero-order valence-electron chi connectivity index (χ0n) is 22.8. The molecule has 2 amide bonds. The van der Waals surface area contributed by atoms with Crippen molar-refractivity contribution in [3.05, 3.63) is 123 Å². The van der Waals surface area contributed by atoms with Crippen LogP contribution in [0.1, 0.15) is 27.0 Å². The van der Waals surface area contributed by atoms with E-state index in [-0.39, 0.29) is 42.1 Å². The fourth-order valence-electron chi connectivity index (χ4n) is 5.37. The maximum atomic E-state index is 14.1. The van der Waals surface area contributed by atoms with Crippen molar-refractivity contribution >= 4 is 23.4 Å². The first-order valence-corrected chi connectivity index (χ1v) is 13.4. The lowest BCUT2D eigenvalue weighted by Crippen LogP contribution is -2.49. The quantitative estimate of drug-likeness (QED) is 0.216. The molecule has 0 N–H and O–H groups in total. The largest absolute Gasteiger partial charge is 0.493 e. The summed E-state index contributed by atoms with van der Waals surface area (Å²) in [5.74, 6) is 0.632. The normalized spacial score (nSPS) is 15.5. The van der Waals surface area contributed by atoms with E-state index in [9.17, 15) is 19.7 Å². The van der Waals surface area contributed by atoms with Crippen molar-refractivity contribution < 1.29 is 28.7 Å². The smallest absolute Gasteiger partial charge is 0.419 e. The molecule has 0 aromatic heterocycles. The maximum Gasteiger partial charge on any atom is 0.419 e. The molecule has 6 rings (SSSR count). The third-order valence-electron chi connectivity index (χ3n) is 7.52. The molecule has 0 bridgehead atoms. The van der Waals surface area contributed by atoms with Crippen molar-refractivity contribution in [1.29, 1.82) is 0 Å². The molecule has 10 nitrogen and oxygen atoms in total. The molecule has 0 spiro atoms. The molecule has 2 heterocycles. The number of carbonyl (C=O) groups excluding carboxylic acids is 2. The van der Waals surface area contributed by atoms with Gasteiger partial charge < -0.3 is 19.1 Å². The van der Waals surface area contributed by atoms with E-state index in [0.717, 1.165) is 16.7 Å². The summed E-state index contributed by atoms with van der Waals surface area (Å²) in [4.78, 5) is 41.6. The van der Waals surface area contributed by atoms with Gasteiger partial charge in [0.15, 0.2) is 11.5 Å². The third kappa shape index (κ3) is 5.22. The van der Waals surface area contributed by atoms with Crippen LogP contribution in [-0.2, 0) is 19.6 Å². The molecule has 4 aromatic rings. The van der Waals surface area contributed by atoms with Crippen LogP contribution in [-0.4, -0.2) is 41.5 Å². The number of methoxy groups -OCH3 is 1. The highest BCUT2D eigenvalue weighted by molar-refractivity contribution is 6.06. The second-order valence-electron chi connectivity index (χ2n) is 10.1. The number of hydrogen-bond acceptors (Lipinski definition) is 7. The first-order valence-electron chi connectivity index (χ1n) is 13.4. The molecule has 2 aliphatic heterocycles. The number of ether oxygens (including phenoxy) is 3. The molecule has 0 aliphatic carbocycles. The Kier molecular flexibility index (Phi) is 7.18. The molecular weight excluding hydrogens is 538 g/mol. The lowest BCUT2D eigenvalue weighted by molar-refractivity contribution is -0.384. The van der Waals surface area contributed by atoms with E-state index < -0.39 is 11.0 Å². The number of amides is 2. The molecule has 0 fully saturated rings. The Morgan fingerprint density at radius 1 is 0.952 bits per heavy atom. The summed E-state index contributed by atoms with van der Waals surface area (Å²) in [5.41, 5.74) is 3.60. The number of nitrogens with zero attached hydrogens (tertiary/aromatic N) is 3. The van der Waals surface area contributed by atoms with Gasteiger partial charge in [0.2, 0.25) is 0 Å². The first-order chi connectivity index (χ1) is 20.4. The molecule has 212 valence electrons. The molecule has 0 unspecified atom stereocenters. The maximum absolute atomic E-state index is 14.1. The summed E-state index contributed by atoms with van der Waals surface area (Å²) in [6, 6.07) is 25.7. The number of anilines is 1. The lowest BCUT2D eigenvalue weighted by atomic mass is 9.93. The summed E-state index contributed by atoms with van der Waals surface area (Å²) in [5, 5.41) is 11.1. The Morgan fingerprint density at radius 3 is 2.38 bits per heavy atom. The zero-order chi connectivity index (χ0) is 29.2. The molecule has 0 saturated heterocycles. The Morgan fingerprint density at radius 2 is 1.67 bits per heavy atom. The van der Waals surface area contributed by atoms with Gasteiger partial charge in [0.1, 0.15) is 12.4 Å². The summed E-state index contributed by atoms with van der Waals surface area (Å²) in [6.45, 7) is 0.823. The van der Waals surface area contributed by atoms with Gasteiger partial charge in [-0.3, -0.25) is 19.8 Å². The zero-order valence-corrected chi connectivity index (χ0v) is 22.8. The summed E-state index contributed by atoms with van der Waals surface area (Å²) in [6.07, 6.45) is -0.163. The average Bonchev–Trinajstić information content (AvgIpc) is 3.13. The first kappa shape index (κ1) is 26.8. The molecule has 2 aliphatic rings. The van der Waals surface area contributed by atoms with E-state index in [1.807, 2.05) is 54.6 Å². The van der Waals surface area contributed by atoms with Gasteiger partial charge in [-0.05, 0) is 41.3 Å². The van der Waals surface area contributed by atoms with Crippen LogP contribution < -0.4 is 19.1 Å². The van der Waals surface area contributed by atoms with Gasteiger partial charge in [0.05, 0.1) is 35.9 Å². The minimum atomic E-state index is -0.724. The van der Waals surface area contributed by atoms with Gasteiger partial charge in [-0.25, -0.2) is 4.79 Å². The SMILES string of the molecule is COc1cc2c(cc1OCc1ccccc1)N(C(=O)Oc1ccc([N+](=O)[O-])cc1)C[C@@H]1Cc3ccccc3CN1C2=O. The predicted molar refractivity (Wildman–Crippen MR) is 154 cm³/mol. The van der Waals surface area contributed by atoms with Crippen LogP contribution in [0.5, 0.6) is 17.2 Å². The third-order valence-corrected chi connectivity index (χ3v) is 7.52. The monoisotopic (exact) mass is 565 g/mol. The molecule has 42 heavy (non-hydrogen) atoms. The van der Waals surface area contributed by atoms with E-state index in [0.29, 0.717) is 30.2 Å². The summed E-state index contributed by atoms with van der Waals surface area (Å²) < 4.78 is 17.4. The number of carbonyl (C=O) groups is 2. The van der Waals surface area contributed by atoms with Gasteiger partial charge in [-0.1, -0.05) is 54.6 Å². The topological polar surface area (TPSA) is 111 Å². The van der Waals surface area contributed by atoms with Crippen molar-refractivity contribution in [3.63, 3.8) is 0 Å². The second kappa shape index (κ2) is 11.2. The molecule has 10 heteroatoms. The van der Waals surface area contributed by atoms with Crippen LogP contribution in [0.15, 0.2) is 91.0 Å². The minimum absolute atomic E-state index is 0.121. The number of rotatable bonds is 6. The van der Waals surface area contributed by atoms with Crippen LogP contribution in [0.4, 0.5) is 16.2 Å². The Balaban J connectivity index is 1.39. The van der Waals surface area contributed by atoms with Crippen LogP contribution in [0.3, 0.4) is 0 Å². The van der Waals surface area contributed by atoms with E-state index >= 15 is 0 Å². The van der Waals surface area contributed by atoms with Crippen molar-refractivity contribution in [1.82, 2.24) is 4.90 Å². The fourth-order valence-corrected chi connectivity index (χ4v) is 5.37. The van der Waals surface area contributed by atoms with E-state index in [2.05, 4.69) is 0 Å². The number of nitro groups is 1. The van der Waals surface area contributed by atoms with Gasteiger partial charge >= 0.3 is 6.09 Å². The Bertz CT molecular complexity index is 1660. The van der Waals surface area contributed by atoms with Gasteiger partial charge in [-0.2, -0.15) is 0 Å². The highest BCUT2D eigenvalue weighted by Crippen LogP contribution is 2.40. The predicted octanol–water partition coefficient (Wildman–Crippen LogP) is 5.77. The van der Waals surface area contributed by atoms with Crippen molar-refractivity contribution in [2.24, 2.45) is 0 Å².